The number of amides is 1. The van der Waals surface area contributed by atoms with Crippen molar-refractivity contribution in [2.45, 2.75) is 32.7 Å². The number of rotatable bonds is 5. The third kappa shape index (κ3) is 4.39. The van der Waals surface area contributed by atoms with Crippen molar-refractivity contribution in [3.05, 3.63) is 77.2 Å². The van der Waals surface area contributed by atoms with E-state index in [1.165, 1.54) is 24.8 Å². The summed E-state index contributed by atoms with van der Waals surface area (Å²) in [6.45, 7) is 7.00. The van der Waals surface area contributed by atoms with Crippen molar-refractivity contribution in [3.8, 4) is 5.75 Å². The number of anilines is 1. The summed E-state index contributed by atoms with van der Waals surface area (Å²) in [5.41, 5.74) is 2.34. The number of methoxy groups -OCH3 is 1. The van der Waals surface area contributed by atoms with Crippen LogP contribution in [0.25, 0.3) is 0 Å². The zero-order chi connectivity index (χ0) is 20.3. The second-order valence-electron chi connectivity index (χ2n) is 7.62. The van der Waals surface area contributed by atoms with Crippen molar-refractivity contribution in [1.29, 1.82) is 0 Å². The number of benzene rings is 2. The average molecular weight is 381 g/mol. The van der Waals surface area contributed by atoms with Crippen LogP contribution in [0.1, 0.15) is 42.3 Å². The predicted molar refractivity (Wildman–Crippen MR) is 107 cm³/mol. The first-order chi connectivity index (χ1) is 13.3. The van der Waals surface area contributed by atoms with E-state index in [1.807, 2.05) is 0 Å². The van der Waals surface area contributed by atoms with Crippen LogP contribution in [0.5, 0.6) is 5.75 Å². The molecule has 0 fully saturated rings. The molecular weight excluding hydrogens is 357 g/mol. The molecule has 5 nitrogen and oxygen atoms in total. The van der Waals surface area contributed by atoms with Gasteiger partial charge in [0.05, 0.1) is 25.4 Å². The first kappa shape index (κ1) is 19.6. The number of hydrogen-bond acceptors (Lipinski definition) is 3. The lowest BCUT2D eigenvalue weighted by Gasteiger charge is -2.19. The lowest BCUT2D eigenvalue weighted by atomic mass is 9.87. The highest BCUT2D eigenvalue weighted by atomic mass is 19.1. The van der Waals surface area contributed by atoms with E-state index in [9.17, 15) is 9.18 Å². The van der Waals surface area contributed by atoms with Gasteiger partial charge >= 0.3 is 0 Å². The van der Waals surface area contributed by atoms with Crippen LogP contribution in [0, 0.1) is 5.82 Å². The summed E-state index contributed by atoms with van der Waals surface area (Å²) >= 11 is 0. The predicted octanol–water partition coefficient (Wildman–Crippen LogP) is 4.63. The molecular formula is C22H24FN3O2. The molecule has 0 aliphatic carbocycles. The number of ether oxygens (including phenoxy) is 1. The number of aromatic nitrogens is 2. The fourth-order valence-electron chi connectivity index (χ4n) is 2.84. The molecule has 0 spiro atoms. The van der Waals surface area contributed by atoms with E-state index >= 15 is 0 Å². The van der Waals surface area contributed by atoms with Crippen LogP contribution in [-0.2, 0) is 12.0 Å². The van der Waals surface area contributed by atoms with Crippen molar-refractivity contribution in [1.82, 2.24) is 9.78 Å². The lowest BCUT2D eigenvalue weighted by Crippen LogP contribution is -2.17. The molecule has 3 aromatic rings. The molecule has 1 heterocycles. The summed E-state index contributed by atoms with van der Waals surface area (Å²) in [5.74, 6) is -0.316. The minimum absolute atomic E-state index is 0.0527. The van der Waals surface area contributed by atoms with Gasteiger partial charge in [-0.05, 0) is 28.7 Å². The summed E-state index contributed by atoms with van der Waals surface area (Å²) in [7, 11) is 1.45. The number of carbonyl (C=O) groups is 1. The maximum absolute atomic E-state index is 14.1. The van der Waals surface area contributed by atoms with Gasteiger partial charge in [-0.1, -0.05) is 45.0 Å². The topological polar surface area (TPSA) is 56.1 Å². The Morgan fingerprint density at radius 3 is 2.46 bits per heavy atom. The summed E-state index contributed by atoms with van der Waals surface area (Å²) < 4.78 is 20.8. The molecule has 0 atom stereocenters. The standard InChI is InChI=1S/C22H24FN3O2/c1-22(2,3)16-7-5-15(6-8-16)14-26-20(11-12-24-26)25-21(27)18-10-9-17(28-4)13-19(18)23/h5-13H,14H2,1-4H3,(H,25,27). The SMILES string of the molecule is COc1ccc(C(=O)Nc2ccnn2Cc2ccc(C(C)(C)C)cc2)c(F)c1. The summed E-state index contributed by atoms with van der Waals surface area (Å²) in [6, 6.07) is 14.1. The highest BCUT2D eigenvalue weighted by Gasteiger charge is 2.16. The third-order valence-corrected chi connectivity index (χ3v) is 4.53. The van der Waals surface area contributed by atoms with Crippen molar-refractivity contribution in [2.75, 3.05) is 12.4 Å². The van der Waals surface area contributed by atoms with Gasteiger partial charge in [-0.25, -0.2) is 9.07 Å². The molecule has 0 radical (unpaired) electrons. The monoisotopic (exact) mass is 381 g/mol. The fraction of sp³-hybridized carbons (Fsp3) is 0.273. The van der Waals surface area contributed by atoms with Crippen LogP contribution >= 0.6 is 0 Å². The van der Waals surface area contributed by atoms with Gasteiger partial charge in [-0.2, -0.15) is 5.10 Å². The second kappa shape index (κ2) is 7.84. The zero-order valence-electron chi connectivity index (χ0n) is 16.5. The Labute approximate surface area is 164 Å². The Bertz CT molecular complexity index is 972. The van der Waals surface area contributed by atoms with E-state index in [2.05, 4.69) is 55.5 Å². The first-order valence-electron chi connectivity index (χ1n) is 9.04. The number of nitrogens with zero attached hydrogens (tertiary/aromatic N) is 2. The van der Waals surface area contributed by atoms with Crippen LogP contribution in [0.3, 0.4) is 0 Å². The third-order valence-electron chi connectivity index (χ3n) is 4.53. The van der Waals surface area contributed by atoms with Gasteiger partial charge < -0.3 is 10.1 Å². The number of carbonyl (C=O) groups excluding carboxylic acids is 1. The molecule has 6 heteroatoms. The van der Waals surface area contributed by atoms with E-state index in [1.54, 1.807) is 23.0 Å². The Balaban J connectivity index is 1.74. The van der Waals surface area contributed by atoms with Crippen molar-refractivity contribution >= 4 is 11.7 Å². The molecule has 146 valence electrons. The molecule has 3 rings (SSSR count). The largest absolute Gasteiger partial charge is 0.497 e. The van der Waals surface area contributed by atoms with E-state index < -0.39 is 11.7 Å². The quantitative estimate of drug-likeness (QED) is 0.701. The molecule has 0 saturated carbocycles. The van der Waals surface area contributed by atoms with Crippen molar-refractivity contribution in [3.63, 3.8) is 0 Å². The number of nitrogens with one attached hydrogen (secondary N) is 1. The maximum Gasteiger partial charge on any atom is 0.259 e. The molecule has 0 aliphatic heterocycles. The van der Waals surface area contributed by atoms with Gasteiger partial charge in [0.25, 0.3) is 5.91 Å². The van der Waals surface area contributed by atoms with Gasteiger partial charge in [-0.15, -0.1) is 0 Å². The van der Waals surface area contributed by atoms with Gasteiger partial charge in [-0.3, -0.25) is 4.79 Å². The molecule has 28 heavy (non-hydrogen) atoms. The minimum atomic E-state index is -0.638. The summed E-state index contributed by atoms with van der Waals surface area (Å²) in [4.78, 5) is 12.5. The average Bonchev–Trinajstić information content (AvgIpc) is 3.07. The Morgan fingerprint density at radius 2 is 1.86 bits per heavy atom. The molecule has 1 aromatic heterocycles. The molecule has 2 aromatic carbocycles. The summed E-state index contributed by atoms with van der Waals surface area (Å²) in [5, 5.41) is 6.99. The molecule has 0 unspecified atom stereocenters. The normalized spacial score (nSPS) is 11.3. The Morgan fingerprint density at radius 1 is 1.14 bits per heavy atom. The van der Waals surface area contributed by atoms with E-state index in [0.717, 1.165) is 5.56 Å². The zero-order valence-corrected chi connectivity index (χ0v) is 16.5. The van der Waals surface area contributed by atoms with E-state index in [0.29, 0.717) is 18.1 Å². The molecule has 1 amide bonds. The minimum Gasteiger partial charge on any atom is -0.497 e. The van der Waals surface area contributed by atoms with Crippen molar-refractivity contribution in [2.24, 2.45) is 0 Å². The highest BCUT2D eigenvalue weighted by Crippen LogP contribution is 2.23. The van der Waals surface area contributed by atoms with Crippen LogP contribution in [0.4, 0.5) is 10.2 Å². The number of halogens is 1. The van der Waals surface area contributed by atoms with Crippen LogP contribution < -0.4 is 10.1 Å². The van der Waals surface area contributed by atoms with E-state index in [4.69, 9.17) is 4.74 Å². The fourth-order valence-corrected chi connectivity index (χ4v) is 2.84. The van der Waals surface area contributed by atoms with Gasteiger partial charge in [0.1, 0.15) is 17.4 Å². The first-order valence-corrected chi connectivity index (χ1v) is 9.04. The molecule has 0 saturated heterocycles. The van der Waals surface area contributed by atoms with Crippen LogP contribution in [-0.4, -0.2) is 22.8 Å². The van der Waals surface area contributed by atoms with Crippen LogP contribution in [0.15, 0.2) is 54.7 Å². The van der Waals surface area contributed by atoms with Gasteiger partial charge in [0.2, 0.25) is 0 Å². The highest BCUT2D eigenvalue weighted by molar-refractivity contribution is 6.04. The summed E-state index contributed by atoms with van der Waals surface area (Å²) in [6.07, 6.45) is 1.60. The van der Waals surface area contributed by atoms with E-state index in [-0.39, 0.29) is 11.0 Å². The number of hydrogen-bond donors (Lipinski definition) is 1. The van der Waals surface area contributed by atoms with Crippen LogP contribution in [0.2, 0.25) is 0 Å². The maximum atomic E-state index is 14.1. The van der Waals surface area contributed by atoms with Gasteiger partial charge in [0, 0.05) is 12.1 Å². The smallest absolute Gasteiger partial charge is 0.259 e. The molecule has 0 aliphatic rings. The Kier molecular flexibility index (Phi) is 5.49. The second-order valence-corrected chi connectivity index (χ2v) is 7.62. The Hall–Kier alpha value is -3.15. The molecule has 1 N–H and O–H groups in total. The van der Waals surface area contributed by atoms with Crippen molar-refractivity contribution < 1.29 is 13.9 Å². The molecule has 0 bridgehead atoms. The lowest BCUT2D eigenvalue weighted by molar-refractivity contribution is 0.102. The van der Waals surface area contributed by atoms with Gasteiger partial charge in [0.15, 0.2) is 0 Å².